The molecule has 0 bridgehead atoms. The van der Waals surface area contributed by atoms with Crippen LogP contribution >= 0.6 is 11.6 Å². The molecule has 0 aliphatic carbocycles. The zero-order valence-electron chi connectivity index (χ0n) is 14.0. The van der Waals surface area contributed by atoms with Crippen molar-refractivity contribution in [2.75, 3.05) is 59.9 Å². The molecule has 23 heavy (non-hydrogen) atoms. The van der Waals surface area contributed by atoms with Gasteiger partial charge in [0.25, 0.3) is 0 Å². The molecule has 0 amide bonds. The van der Waals surface area contributed by atoms with Crippen LogP contribution in [0.2, 0.25) is 5.02 Å². The summed E-state index contributed by atoms with van der Waals surface area (Å²) in [4.78, 5) is 6.63. The Bertz CT molecular complexity index is 474. The number of hydrogen-bond acceptors (Lipinski definition) is 4. The van der Waals surface area contributed by atoms with Gasteiger partial charge in [-0.25, -0.2) is 4.39 Å². The van der Waals surface area contributed by atoms with E-state index in [1.807, 2.05) is 11.9 Å². The second-order valence-corrected chi connectivity index (χ2v) is 6.88. The molecule has 1 aromatic rings. The molecule has 2 rings (SSSR count). The largest absolute Gasteiger partial charge is 0.390 e. The molecule has 0 saturated carbocycles. The van der Waals surface area contributed by atoms with Gasteiger partial charge < -0.3 is 14.9 Å². The van der Waals surface area contributed by atoms with Crippen LogP contribution in [0, 0.1) is 5.82 Å². The van der Waals surface area contributed by atoms with Crippen LogP contribution in [0.1, 0.15) is 5.56 Å². The average Bonchev–Trinajstić information content (AvgIpc) is 2.49. The molecule has 130 valence electrons. The first-order valence-electron chi connectivity index (χ1n) is 8.16. The number of rotatable bonds is 7. The van der Waals surface area contributed by atoms with Crippen LogP contribution in [0.3, 0.4) is 0 Å². The fourth-order valence-corrected chi connectivity index (χ4v) is 3.17. The number of β-amino-alcohol motifs (C(OH)–C–C–N with tert-alkyl or cyclic N) is 1. The lowest BCUT2D eigenvalue weighted by molar-refractivity contribution is 0.0609. The van der Waals surface area contributed by atoms with Crippen LogP contribution in [0.25, 0.3) is 0 Å². The van der Waals surface area contributed by atoms with Crippen molar-refractivity contribution in [1.29, 1.82) is 0 Å². The van der Waals surface area contributed by atoms with E-state index in [9.17, 15) is 9.50 Å². The smallest absolute Gasteiger partial charge is 0.127 e. The molecule has 1 aromatic carbocycles. The quantitative estimate of drug-likeness (QED) is 0.814. The summed E-state index contributed by atoms with van der Waals surface area (Å²) in [5, 5.41) is 10.7. The van der Waals surface area contributed by atoms with Gasteiger partial charge in [0.05, 0.1) is 6.10 Å². The second kappa shape index (κ2) is 8.94. The van der Waals surface area contributed by atoms with E-state index in [0.717, 1.165) is 26.2 Å². The zero-order chi connectivity index (χ0) is 16.8. The highest BCUT2D eigenvalue weighted by Crippen LogP contribution is 2.19. The van der Waals surface area contributed by atoms with Crippen LogP contribution < -0.4 is 0 Å². The molecule has 0 aromatic heterocycles. The van der Waals surface area contributed by atoms with Crippen LogP contribution in [-0.4, -0.2) is 85.8 Å². The fraction of sp³-hybridized carbons (Fsp3) is 0.647. The predicted octanol–water partition coefficient (Wildman–Crippen LogP) is 1.56. The maximum absolute atomic E-state index is 13.7. The first-order valence-corrected chi connectivity index (χ1v) is 8.54. The molecule has 1 fully saturated rings. The van der Waals surface area contributed by atoms with E-state index in [-0.39, 0.29) is 11.9 Å². The third-order valence-electron chi connectivity index (χ3n) is 4.39. The summed E-state index contributed by atoms with van der Waals surface area (Å²) < 4.78 is 13.7. The van der Waals surface area contributed by atoms with E-state index in [4.69, 9.17) is 11.6 Å². The van der Waals surface area contributed by atoms with Crippen molar-refractivity contribution in [3.63, 3.8) is 0 Å². The van der Waals surface area contributed by atoms with Crippen LogP contribution in [0.15, 0.2) is 18.2 Å². The van der Waals surface area contributed by atoms with Gasteiger partial charge in [0.2, 0.25) is 0 Å². The second-order valence-electron chi connectivity index (χ2n) is 6.47. The molecule has 1 aliphatic heterocycles. The summed E-state index contributed by atoms with van der Waals surface area (Å²) in [5.41, 5.74) is 0.551. The first-order chi connectivity index (χ1) is 11.0. The molecule has 1 aliphatic rings. The maximum Gasteiger partial charge on any atom is 0.127 e. The van der Waals surface area contributed by atoms with E-state index >= 15 is 0 Å². The monoisotopic (exact) mass is 343 g/mol. The highest BCUT2D eigenvalue weighted by Gasteiger charge is 2.18. The molecular formula is C17H27ClFN3O. The van der Waals surface area contributed by atoms with Gasteiger partial charge in [-0.2, -0.15) is 0 Å². The fourth-order valence-electron chi connectivity index (χ4n) is 2.91. The molecule has 1 saturated heterocycles. The Labute approximate surface area is 143 Å². The van der Waals surface area contributed by atoms with E-state index in [2.05, 4.69) is 16.8 Å². The topological polar surface area (TPSA) is 30.0 Å². The number of halogens is 2. The van der Waals surface area contributed by atoms with Gasteiger partial charge in [0.15, 0.2) is 0 Å². The number of benzene rings is 1. The molecule has 1 unspecified atom stereocenters. The highest BCUT2D eigenvalue weighted by atomic mass is 35.5. The van der Waals surface area contributed by atoms with E-state index in [1.165, 1.54) is 6.07 Å². The third-order valence-corrected chi connectivity index (χ3v) is 4.75. The lowest BCUT2D eigenvalue weighted by Crippen LogP contribution is -2.48. The van der Waals surface area contributed by atoms with Gasteiger partial charge in [-0.3, -0.25) is 4.90 Å². The predicted molar refractivity (Wildman–Crippen MR) is 92.6 cm³/mol. The average molecular weight is 344 g/mol. The van der Waals surface area contributed by atoms with E-state index in [0.29, 0.717) is 36.6 Å². The number of aliphatic hydroxyl groups is 1. The first kappa shape index (κ1) is 18.6. The number of aliphatic hydroxyl groups excluding tert-OH is 1. The van der Waals surface area contributed by atoms with Crippen molar-refractivity contribution < 1.29 is 9.50 Å². The Morgan fingerprint density at radius 2 is 2.00 bits per heavy atom. The van der Waals surface area contributed by atoms with Gasteiger partial charge in [-0.05, 0) is 32.6 Å². The maximum atomic E-state index is 13.7. The van der Waals surface area contributed by atoms with Crippen molar-refractivity contribution >= 4 is 11.6 Å². The van der Waals surface area contributed by atoms with Gasteiger partial charge in [0, 0.05) is 56.4 Å². The highest BCUT2D eigenvalue weighted by molar-refractivity contribution is 6.31. The summed E-state index contributed by atoms with van der Waals surface area (Å²) in [5.74, 6) is -0.260. The van der Waals surface area contributed by atoms with Crippen LogP contribution in [0.4, 0.5) is 4.39 Å². The minimum atomic E-state index is -0.389. The Morgan fingerprint density at radius 1 is 1.30 bits per heavy atom. The molecule has 1 heterocycles. The Morgan fingerprint density at radius 3 is 2.65 bits per heavy atom. The molecule has 1 atom stereocenters. The van der Waals surface area contributed by atoms with Crippen LogP contribution in [-0.2, 0) is 6.42 Å². The van der Waals surface area contributed by atoms with Crippen LogP contribution in [0.5, 0.6) is 0 Å². The van der Waals surface area contributed by atoms with Crippen molar-refractivity contribution in [3.8, 4) is 0 Å². The van der Waals surface area contributed by atoms with Crippen molar-refractivity contribution in [2.24, 2.45) is 0 Å². The van der Waals surface area contributed by atoms with Crippen molar-refractivity contribution in [2.45, 2.75) is 12.5 Å². The number of nitrogens with zero attached hydrogens (tertiary/aromatic N) is 3. The molecule has 6 heteroatoms. The van der Waals surface area contributed by atoms with Gasteiger partial charge >= 0.3 is 0 Å². The summed E-state index contributed by atoms with van der Waals surface area (Å²) in [7, 11) is 4.07. The minimum absolute atomic E-state index is 0.260. The van der Waals surface area contributed by atoms with E-state index < -0.39 is 0 Å². The Balaban J connectivity index is 1.72. The van der Waals surface area contributed by atoms with Gasteiger partial charge in [-0.1, -0.05) is 17.7 Å². The number of likely N-dealkylation sites (N-methyl/N-ethyl adjacent to an activating group) is 2. The SMILES string of the molecule is CN1CCN(CC(O)CN(C)CCc2c(F)cccc2Cl)CC1. The molecule has 0 spiro atoms. The normalized spacial score (nSPS) is 18.5. The number of hydrogen-bond donors (Lipinski definition) is 1. The van der Waals surface area contributed by atoms with E-state index in [1.54, 1.807) is 12.1 Å². The summed E-state index contributed by atoms with van der Waals surface area (Å²) >= 11 is 6.04. The molecule has 4 nitrogen and oxygen atoms in total. The molecular weight excluding hydrogens is 317 g/mol. The zero-order valence-corrected chi connectivity index (χ0v) is 14.8. The summed E-state index contributed by atoms with van der Waals surface area (Å²) in [6.45, 7) is 6.05. The summed E-state index contributed by atoms with van der Waals surface area (Å²) in [6.07, 6.45) is 0.156. The van der Waals surface area contributed by atoms with Gasteiger partial charge in [-0.15, -0.1) is 0 Å². The van der Waals surface area contributed by atoms with Gasteiger partial charge in [0.1, 0.15) is 5.82 Å². The third kappa shape index (κ3) is 6.01. The Kier molecular flexibility index (Phi) is 7.24. The number of piperazine rings is 1. The summed E-state index contributed by atoms with van der Waals surface area (Å²) in [6, 6.07) is 4.76. The lowest BCUT2D eigenvalue weighted by atomic mass is 10.1. The standard InChI is InChI=1S/C17H27ClFN3O/c1-20-8-10-22(11-9-20)13-14(23)12-21(2)7-6-15-16(18)4-3-5-17(15)19/h3-5,14,23H,6-13H2,1-2H3. The van der Waals surface area contributed by atoms with Crippen molar-refractivity contribution in [3.05, 3.63) is 34.6 Å². The Hall–Kier alpha value is -0.720. The lowest BCUT2D eigenvalue weighted by Gasteiger charge is -2.34. The van der Waals surface area contributed by atoms with Crippen molar-refractivity contribution in [1.82, 2.24) is 14.7 Å². The molecule has 0 radical (unpaired) electrons. The minimum Gasteiger partial charge on any atom is -0.390 e. The molecule has 1 N–H and O–H groups in total.